The lowest BCUT2D eigenvalue weighted by molar-refractivity contribution is -0.120. The Morgan fingerprint density at radius 3 is 2.15 bits per heavy atom. The van der Waals surface area contributed by atoms with Crippen LogP contribution in [0.1, 0.15) is 29.7 Å². The van der Waals surface area contributed by atoms with Gasteiger partial charge in [0.05, 0.1) is 16.8 Å². The van der Waals surface area contributed by atoms with Crippen molar-refractivity contribution < 1.29 is 4.79 Å². The van der Waals surface area contributed by atoms with Crippen LogP contribution in [0.2, 0.25) is 0 Å². The number of nitrogens with one attached hydrogen (secondary N) is 1. The smallest absolute Gasteiger partial charge is 0.234 e. The quantitative estimate of drug-likeness (QED) is 0.342. The van der Waals surface area contributed by atoms with Crippen LogP contribution in [0.25, 0.3) is 16.6 Å². The highest BCUT2D eigenvalue weighted by Crippen LogP contribution is 2.29. The average Bonchev–Trinajstić information content (AvgIpc) is 3.26. The number of para-hydroxylation sites is 1. The lowest BCUT2D eigenvalue weighted by Gasteiger charge is -2.22. The zero-order chi connectivity index (χ0) is 22.8. The van der Waals surface area contributed by atoms with Gasteiger partial charge in [0.15, 0.2) is 10.8 Å². The van der Waals surface area contributed by atoms with E-state index in [4.69, 9.17) is 0 Å². The normalized spacial score (nSPS) is 12.3. The highest BCUT2D eigenvalue weighted by molar-refractivity contribution is 8.00. The number of carbonyl (C=O) groups excluding carboxylic acids is 1. The van der Waals surface area contributed by atoms with Crippen molar-refractivity contribution in [1.29, 1.82) is 0 Å². The van der Waals surface area contributed by atoms with E-state index in [-0.39, 0.29) is 17.2 Å². The maximum atomic E-state index is 13.3. The number of benzene rings is 3. The van der Waals surface area contributed by atoms with E-state index in [9.17, 15) is 4.79 Å². The first-order valence-electron chi connectivity index (χ1n) is 10.9. The number of carbonyl (C=O) groups is 1. The van der Waals surface area contributed by atoms with Gasteiger partial charge in [0.1, 0.15) is 0 Å². The maximum absolute atomic E-state index is 13.3. The number of pyridine rings is 1. The van der Waals surface area contributed by atoms with Crippen LogP contribution in [0.4, 0.5) is 0 Å². The first-order chi connectivity index (χ1) is 16.1. The highest BCUT2D eigenvalue weighted by Gasteiger charge is 2.23. The van der Waals surface area contributed by atoms with Crippen molar-refractivity contribution in [2.75, 3.05) is 0 Å². The summed E-state index contributed by atoms with van der Waals surface area (Å²) in [4.78, 5) is 13.3. The van der Waals surface area contributed by atoms with Crippen LogP contribution in [-0.2, 0) is 4.79 Å². The van der Waals surface area contributed by atoms with Crippen molar-refractivity contribution in [3.05, 3.63) is 108 Å². The molecule has 0 saturated heterocycles. The summed E-state index contributed by atoms with van der Waals surface area (Å²) in [6.45, 7) is 3.98. The first kappa shape index (κ1) is 21.2. The summed E-state index contributed by atoms with van der Waals surface area (Å²) in [6.07, 6.45) is 0. The van der Waals surface area contributed by atoms with Gasteiger partial charge in [0.25, 0.3) is 0 Å². The van der Waals surface area contributed by atoms with E-state index in [0.29, 0.717) is 5.16 Å². The van der Waals surface area contributed by atoms with Gasteiger partial charge in [-0.05, 0) is 42.7 Å². The van der Waals surface area contributed by atoms with Gasteiger partial charge in [0, 0.05) is 5.39 Å². The molecular weight excluding hydrogens is 428 g/mol. The number of fused-ring (bicyclic) bond motifs is 3. The van der Waals surface area contributed by atoms with Gasteiger partial charge < -0.3 is 5.32 Å². The van der Waals surface area contributed by atoms with Crippen LogP contribution >= 0.6 is 11.8 Å². The first-order valence-corrected chi connectivity index (χ1v) is 11.8. The third-order valence-electron chi connectivity index (χ3n) is 5.78. The van der Waals surface area contributed by atoms with Gasteiger partial charge >= 0.3 is 0 Å². The van der Waals surface area contributed by atoms with Crippen molar-refractivity contribution in [3.63, 3.8) is 0 Å². The third-order valence-corrected chi connectivity index (χ3v) is 6.82. The molecule has 33 heavy (non-hydrogen) atoms. The Morgan fingerprint density at radius 1 is 0.879 bits per heavy atom. The number of thioether (sulfide) groups is 1. The Kier molecular flexibility index (Phi) is 5.84. The van der Waals surface area contributed by atoms with Crippen molar-refractivity contribution in [2.24, 2.45) is 0 Å². The van der Waals surface area contributed by atoms with E-state index >= 15 is 0 Å². The standard InChI is InChI=1S/C27H24N4OS/c1-18-17-24-29-30-27(31(24)23-16-10-9-15-22(18)23)33-19(2)26(32)28-25(20-11-5-3-6-12-20)21-13-7-4-8-14-21/h3-17,19,25H,1-2H3,(H,28,32). The van der Waals surface area contributed by atoms with Crippen LogP contribution in [-0.4, -0.2) is 25.8 Å². The molecule has 0 aliphatic rings. The second-order valence-electron chi connectivity index (χ2n) is 8.04. The number of nitrogens with zero attached hydrogens (tertiary/aromatic N) is 3. The van der Waals surface area contributed by atoms with E-state index in [1.54, 1.807) is 0 Å². The molecular formula is C27H24N4OS. The van der Waals surface area contributed by atoms with Gasteiger partial charge in [-0.1, -0.05) is 90.6 Å². The Labute approximate surface area is 196 Å². The molecule has 0 fully saturated rings. The topological polar surface area (TPSA) is 59.3 Å². The Hall–Kier alpha value is -3.64. The molecule has 0 saturated carbocycles. The molecule has 3 aromatic carbocycles. The fraction of sp³-hybridized carbons (Fsp3) is 0.148. The number of aromatic nitrogens is 3. The molecule has 1 N–H and O–H groups in total. The highest BCUT2D eigenvalue weighted by atomic mass is 32.2. The van der Waals surface area contributed by atoms with E-state index in [0.717, 1.165) is 33.2 Å². The molecule has 1 atom stereocenters. The molecule has 5 nitrogen and oxygen atoms in total. The predicted octanol–water partition coefficient (Wildman–Crippen LogP) is 5.58. The molecule has 0 radical (unpaired) electrons. The average molecular weight is 453 g/mol. The molecule has 0 spiro atoms. The molecule has 1 unspecified atom stereocenters. The van der Waals surface area contributed by atoms with Gasteiger partial charge in [0.2, 0.25) is 5.91 Å². The molecule has 0 bridgehead atoms. The summed E-state index contributed by atoms with van der Waals surface area (Å²) in [5.74, 6) is -0.0501. The van der Waals surface area contributed by atoms with Crippen molar-refractivity contribution >= 4 is 34.2 Å². The fourth-order valence-electron chi connectivity index (χ4n) is 4.07. The van der Waals surface area contributed by atoms with E-state index < -0.39 is 0 Å². The van der Waals surface area contributed by atoms with Crippen LogP contribution in [0.15, 0.2) is 96.2 Å². The van der Waals surface area contributed by atoms with Gasteiger partial charge in [-0.3, -0.25) is 9.20 Å². The van der Waals surface area contributed by atoms with Crippen LogP contribution in [0.3, 0.4) is 0 Å². The fourth-order valence-corrected chi connectivity index (χ4v) is 4.95. The molecule has 6 heteroatoms. The molecule has 0 aliphatic heterocycles. The molecule has 164 valence electrons. The third kappa shape index (κ3) is 4.22. The van der Waals surface area contributed by atoms with E-state index in [1.165, 1.54) is 11.8 Å². The monoisotopic (exact) mass is 452 g/mol. The molecule has 0 aliphatic carbocycles. The van der Waals surface area contributed by atoms with E-state index in [1.807, 2.05) is 90.2 Å². The molecule has 2 aromatic heterocycles. The minimum atomic E-state index is -0.354. The summed E-state index contributed by atoms with van der Waals surface area (Å²) in [5.41, 5.74) is 5.07. The minimum absolute atomic E-state index is 0.0501. The summed E-state index contributed by atoms with van der Waals surface area (Å²) < 4.78 is 2.03. The zero-order valence-electron chi connectivity index (χ0n) is 18.5. The lowest BCUT2D eigenvalue weighted by atomic mass is 9.98. The Bertz CT molecular complexity index is 1380. The molecule has 5 aromatic rings. The number of hydrogen-bond acceptors (Lipinski definition) is 4. The minimum Gasteiger partial charge on any atom is -0.344 e. The van der Waals surface area contributed by atoms with Gasteiger partial charge in [-0.25, -0.2) is 0 Å². The number of hydrogen-bond donors (Lipinski definition) is 1. The van der Waals surface area contributed by atoms with E-state index in [2.05, 4.69) is 34.6 Å². The van der Waals surface area contributed by atoms with Crippen molar-refractivity contribution in [1.82, 2.24) is 19.9 Å². The Morgan fingerprint density at radius 2 is 1.48 bits per heavy atom. The van der Waals surface area contributed by atoms with Crippen molar-refractivity contribution in [2.45, 2.75) is 30.3 Å². The predicted molar refractivity (Wildman–Crippen MR) is 133 cm³/mol. The second kappa shape index (κ2) is 9.08. The van der Waals surface area contributed by atoms with Crippen LogP contribution < -0.4 is 5.32 Å². The summed E-state index contributed by atoms with van der Waals surface area (Å²) in [7, 11) is 0. The molecule has 5 rings (SSSR count). The van der Waals surface area contributed by atoms with Gasteiger partial charge in [-0.2, -0.15) is 0 Å². The molecule has 2 heterocycles. The Balaban J connectivity index is 1.43. The summed E-state index contributed by atoms with van der Waals surface area (Å²) in [5, 5.41) is 13.5. The van der Waals surface area contributed by atoms with Crippen LogP contribution in [0, 0.1) is 6.92 Å². The summed E-state index contributed by atoms with van der Waals surface area (Å²) in [6, 6.07) is 30.1. The molecule has 1 amide bonds. The largest absolute Gasteiger partial charge is 0.344 e. The van der Waals surface area contributed by atoms with Gasteiger partial charge in [-0.15, -0.1) is 10.2 Å². The lowest BCUT2D eigenvalue weighted by Crippen LogP contribution is -2.35. The second-order valence-corrected chi connectivity index (χ2v) is 9.35. The van der Waals surface area contributed by atoms with Crippen LogP contribution in [0.5, 0.6) is 0 Å². The number of rotatable bonds is 6. The SMILES string of the molecule is Cc1cc2nnc(SC(C)C(=O)NC(c3ccccc3)c3ccccc3)n2c2ccccc12. The number of aryl methyl sites for hydroxylation is 1. The zero-order valence-corrected chi connectivity index (χ0v) is 19.3. The maximum Gasteiger partial charge on any atom is 0.234 e. The summed E-state index contributed by atoms with van der Waals surface area (Å²) >= 11 is 1.42. The number of amides is 1. The van der Waals surface area contributed by atoms with Crippen molar-refractivity contribution in [3.8, 4) is 0 Å².